The highest BCUT2D eigenvalue weighted by Crippen LogP contribution is 2.25. The van der Waals surface area contributed by atoms with Crippen LogP contribution < -0.4 is 16.0 Å². The molecule has 3 rings (SSSR count). The van der Waals surface area contributed by atoms with Crippen LogP contribution >= 0.6 is 22.9 Å². The summed E-state index contributed by atoms with van der Waals surface area (Å²) in [6.45, 7) is 1.87. The van der Waals surface area contributed by atoms with Crippen molar-refractivity contribution < 1.29 is 9.59 Å². The van der Waals surface area contributed by atoms with E-state index in [1.807, 2.05) is 25.1 Å². The van der Waals surface area contributed by atoms with Crippen molar-refractivity contribution in [3.8, 4) is 0 Å². The Morgan fingerprint density at radius 1 is 0.923 bits per heavy atom. The number of halogens is 1. The van der Waals surface area contributed by atoms with Gasteiger partial charge in [0.25, 0.3) is 5.91 Å². The summed E-state index contributed by atoms with van der Waals surface area (Å²) < 4.78 is 0. The lowest BCUT2D eigenvalue weighted by molar-refractivity contribution is 0.103. The molecule has 1 heterocycles. The molecule has 0 atom stereocenters. The van der Waals surface area contributed by atoms with Gasteiger partial charge in [0.2, 0.25) is 0 Å². The van der Waals surface area contributed by atoms with E-state index in [-0.39, 0.29) is 11.9 Å². The first-order valence-corrected chi connectivity index (χ1v) is 9.01. The Morgan fingerprint density at radius 3 is 2.42 bits per heavy atom. The van der Waals surface area contributed by atoms with Crippen LogP contribution in [0.1, 0.15) is 15.2 Å². The summed E-state index contributed by atoms with van der Waals surface area (Å²) in [6, 6.07) is 17.4. The fourth-order valence-corrected chi connectivity index (χ4v) is 3.30. The molecular weight excluding hydrogens is 370 g/mol. The molecular formula is C19H16ClN3O2S. The molecule has 0 fully saturated rings. The van der Waals surface area contributed by atoms with E-state index in [9.17, 15) is 9.59 Å². The van der Waals surface area contributed by atoms with E-state index in [4.69, 9.17) is 11.6 Å². The van der Waals surface area contributed by atoms with E-state index < -0.39 is 0 Å². The number of nitrogens with one attached hydrogen (secondary N) is 3. The van der Waals surface area contributed by atoms with Crippen LogP contribution in [0.2, 0.25) is 5.02 Å². The molecule has 7 heteroatoms. The number of carbonyl (C=O) groups is 2. The average Bonchev–Trinajstić information content (AvgIpc) is 3.06. The lowest BCUT2D eigenvalue weighted by Crippen LogP contribution is -2.18. The Kier molecular flexibility index (Phi) is 5.55. The zero-order valence-corrected chi connectivity index (χ0v) is 15.4. The lowest BCUT2D eigenvalue weighted by atomic mass is 10.2. The second kappa shape index (κ2) is 8.03. The van der Waals surface area contributed by atoms with Crippen molar-refractivity contribution in [1.82, 2.24) is 0 Å². The Labute approximate surface area is 160 Å². The average molecular weight is 386 g/mol. The maximum absolute atomic E-state index is 12.4. The molecule has 0 bridgehead atoms. The third kappa shape index (κ3) is 4.62. The molecule has 2 aromatic carbocycles. The number of benzene rings is 2. The van der Waals surface area contributed by atoms with Crippen molar-refractivity contribution in [3.63, 3.8) is 0 Å². The number of thiophene rings is 1. The van der Waals surface area contributed by atoms with Crippen molar-refractivity contribution in [2.24, 2.45) is 0 Å². The van der Waals surface area contributed by atoms with Gasteiger partial charge in [-0.25, -0.2) is 4.79 Å². The first kappa shape index (κ1) is 18.0. The van der Waals surface area contributed by atoms with Crippen LogP contribution in [-0.4, -0.2) is 11.9 Å². The minimum absolute atomic E-state index is 0.239. The molecule has 0 saturated heterocycles. The molecule has 0 spiro atoms. The predicted octanol–water partition coefficient (Wildman–Crippen LogP) is 5.61. The van der Waals surface area contributed by atoms with E-state index in [1.165, 1.54) is 11.3 Å². The molecule has 1 aromatic heterocycles. The Bertz CT molecular complexity index is 941. The van der Waals surface area contributed by atoms with Gasteiger partial charge in [-0.2, -0.15) is 0 Å². The monoisotopic (exact) mass is 385 g/mol. The van der Waals surface area contributed by atoms with E-state index >= 15 is 0 Å². The first-order chi connectivity index (χ1) is 12.5. The summed E-state index contributed by atoms with van der Waals surface area (Å²) in [5.41, 5.74) is 2.27. The number of rotatable bonds is 4. The fraction of sp³-hybridized carbons (Fsp3) is 0.0526. The highest BCUT2D eigenvalue weighted by molar-refractivity contribution is 7.18. The van der Waals surface area contributed by atoms with Gasteiger partial charge in [-0.1, -0.05) is 29.8 Å². The number of aryl methyl sites for hydroxylation is 1. The van der Waals surface area contributed by atoms with Gasteiger partial charge in [0.05, 0.1) is 9.88 Å². The number of hydrogen-bond acceptors (Lipinski definition) is 3. The third-order valence-corrected chi connectivity index (χ3v) is 4.77. The molecule has 0 aliphatic heterocycles. The molecule has 3 aromatic rings. The summed E-state index contributed by atoms with van der Waals surface area (Å²) in [6.07, 6.45) is 0. The number of amides is 3. The second-order valence-corrected chi connectivity index (χ2v) is 7.04. The molecule has 0 saturated carbocycles. The van der Waals surface area contributed by atoms with Gasteiger partial charge in [0, 0.05) is 16.4 Å². The van der Waals surface area contributed by atoms with Gasteiger partial charge in [0.15, 0.2) is 0 Å². The van der Waals surface area contributed by atoms with Crippen molar-refractivity contribution in [2.45, 2.75) is 6.92 Å². The maximum atomic E-state index is 12.4. The van der Waals surface area contributed by atoms with Gasteiger partial charge in [-0.15, -0.1) is 11.3 Å². The summed E-state index contributed by atoms with van der Waals surface area (Å²) in [4.78, 5) is 24.9. The topological polar surface area (TPSA) is 70.2 Å². The van der Waals surface area contributed by atoms with Gasteiger partial charge in [-0.05, 0) is 55.0 Å². The van der Waals surface area contributed by atoms with E-state index in [1.54, 1.807) is 42.5 Å². The normalized spacial score (nSPS) is 10.2. The summed E-state index contributed by atoms with van der Waals surface area (Å²) in [7, 11) is 0. The minimum atomic E-state index is -0.362. The minimum Gasteiger partial charge on any atom is -0.321 e. The smallest absolute Gasteiger partial charge is 0.321 e. The van der Waals surface area contributed by atoms with Gasteiger partial charge >= 0.3 is 6.03 Å². The summed E-state index contributed by atoms with van der Waals surface area (Å²) in [5, 5.41) is 9.49. The van der Waals surface area contributed by atoms with Crippen LogP contribution in [0.4, 0.5) is 21.2 Å². The van der Waals surface area contributed by atoms with E-state index in [0.29, 0.717) is 26.3 Å². The van der Waals surface area contributed by atoms with Crippen LogP contribution in [0, 0.1) is 6.92 Å². The highest BCUT2D eigenvalue weighted by Gasteiger charge is 2.12. The number of carbonyl (C=O) groups excluding carboxylic acids is 2. The Morgan fingerprint density at radius 2 is 1.69 bits per heavy atom. The standard InChI is InChI=1S/C19H16ClN3O2S/c1-12-11-13(20)7-8-15(12)22-18(24)16-9-10-17(26-16)23-19(25)21-14-5-3-2-4-6-14/h2-11H,1H3,(H,22,24)(H2,21,23,25). The van der Waals surface area contributed by atoms with Crippen LogP contribution in [0.5, 0.6) is 0 Å². The van der Waals surface area contributed by atoms with Crippen LogP contribution in [0.15, 0.2) is 60.7 Å². The van der Waals surface area contributed by atoms with Crippen LogP contribution in [0.3, 0.4) is 0 Å². The van der Waals surface area contributed by atoms with Crippen molar-refractivity contribution in [1.29, 1.82) is 0 Å². The van der Waals surface area contributed by atoms with Gasteiger partial charge < -0.3 is 10.6 Å². The summed E-state index contributed by atoms with van der Waals surface area (Å²) >= 11 is 7.12. The summed E-state index contributed by atoms with van der Waals surface area (Å²) in [5.74, 6) is -0.239. The molecule has 132 valence electrons. The first-order valence-electron chi connectivity index (χ1n) is 7.81. The zero-order chi connectivity index (χ0) is 18.5. The molecule has 0 aliphatic rings. The van der Waals surface area contributed by atoms with E-state index in [0.717, 1.165) is 5.56 Å². The Balaban J connectivity index is 1.61. The third-order valence-electron chi connectivity index (χ3n) is 3.53. The number of anilines is 3. The molecule has 0 radical (unpaired) electrons. The van der Waals surface area contributed by atoms with Gasteiger partial charge in [0.1, 0.15) is 0 Å². The van der Waals surface area contributed by atoms with Crippen LogP contribution in [-0.2, 0) is 0 Å². The number of urea groups is 1. The largest absolute Gasteiger partial charge is 0.324 e. The SMILES string of the molecule is Cc1cc(Cl)ccc1NC(=O)c1ccc(NC(=O)Nc2ccccc2)s1. The molecule has 3 amide bonds. The zero-order valence-electron chi connectivity index (χ0n) is 13.9. The van der Waals surface area contributed by atoms with Crippen LogP contribution in [0.25, 0.3) is 0 Å². The maximum Gasteiger partial charge on any atom is 0.324 e. The fourth-order valence-electron chi connectivity index (χ4n) is 2.27. The lowest BCUT2D eigenvalue weighted by Gasteiger charge is -2.07. The molecule has 0 unspecified atom stereocenters. The van der Waals surface area contributed by atoms with E-state index in [2.05, 4.69) is 16.0 Å². The molecule has 3 N–H and O–H groups in total. The quantitative estimate of drug-likeness (QED) is 0.546. The Hall–Kier alpha value is -2.83. The van der Waals surface area contributed by atoms with Crippen molar-refractivity contribution >= 4 is 51.3 Å². The molecule has 5 nitrogen and oxygen atoms in total. The molecule has 0 aliphatic carbocycles. The number of hydrogen-bond donors (Lipinski definition) is 3. The number of para-hydroxylation sites is 1. The highest BCUT2D eigenvalue weighted by atomic mass is 35.5. The predicted molar refractivity (Wildman–Crippen MR) is 108 cm³/mol. The van der Waals surface area contributed by atoms with Gasteiger partial charge in [-0.3, -0.25) is 10.1 Å². The van der Waals surface area contributed by atoms with Crippen molar-refractivity contribution in [3.05, 3.63) is 76.1 Å². The van der Waals surface area contributed by atoms with Crippen molar-refractivity contribution in [2.75, 3.05) is 16.0 Å². The second-order valence-electron chi connectivity index (χ2n) is 5.52. The molecule has 26 heavy (non-hydrogen) atoms.